The molecule has 3 atom stereocenters. The van der Waals surface area contributed by atoms with E-state index in [0.717, 1.165) is 24.7 Å². The number of halogens is 1. The van der Waals surface area contributed by atoms with Crippen LogP contribution in [0.5, 0.6) is 0 Å². The first-order valence-electron chi connectivity index (χ1n) is 5.70. The van der Waals surface area contributed by atoms with Gasteiger partial charge < -0.3 is 0 Å². The Labute approximate surface area is 79.9 Å². The minimum Gasteiger partial charge on any atom is -0.243 e. The van der Waals surface area contributed by atoms with Gasteiger partial charge in [-0.05, 0) is 56.8 Å². The van der Waals surface area contributed by atoms with E-state index in [9.17, 15) is 4.39 Å². The smallest absolute Gasteiger partial charge is 0.116 e. The van der Waals surface area contributed by atoms with Crippen molar-refractivity contribution in [2.45, 2.75) is 51.6 Å². The van der Waals surface area contributed by atoms with Gasteiger partial charge in [-0.15, -0.1) is 0 Å². The van der Waals surface area contributed by atoms with Crippen molar-refractivity contribution in [2.75, 3.05) is 0 Å². The van der Waals surface area contributed by atoms with Crippen molar-refractivity contribution in [1.29, 1.82) is 0 Å². The van der Waals surface area contributed by atoms with Gasteiger partial charge >= 0.3 is 0 Å². The van der Waals surface area contributed by atoms with Crippen LogP contribution in [-0.2, 0) is 0 Å². The van der Waals surface area contributed by atoms with Crippen LogP contribution in [0.4, 0.5) is 4.39 Å². The topological polar surface area (TPSA) is 0 Å². The predicted octanol–water partition coefficient (Wildman–Crippen LogP) is 3.56. The van der Waals surface area contributed by atoms with Gasteiger partial charge in [-0.1, -0.05) is 6.92 Å². The molecule has 0 aromatic carbocycles. The van der Waals surface area contributed by atoms with Gasteiger partial charge in [0.2, 0.25) is 0 Å². The quantitative estimate of drug-likeness (QED) is 0.537. The van der Waals surface area contributed by atoms with E-state index in [1.807, 2.05) is 6.92 Å². The lowest BCUT2D eigenvalue weighted by Gasteiger charge is -2.62. The van der Waals surface area contributed by atoms with Crippen molar-refractivity contribution in [1.82, 2.24) is 0 Å². The van der Waals surface area contributed by atoms with Gasteiger partial charge in [0.25, 0.3) is 0 Å². The summed E-state index contributed by atoms with van der Waals surface area (Å²) in [7, 11) is 0. The molecule has 4 fully saturated rings. The molecular weight excluding hydrogens is 163 g/mol. The fourth-order valence-electron chi connectivity index (χ4n) is 4.59. The van der Waals surface area contributed by atoms with Gasteiger partial charge in [-0.3, -0.25) is 0 Å². The van der Waals surface area contributed by atoms with Crippen molar-refractivity contribution in [3.8, 4) is 0 Å². The van der Waals surface area contributed by atoms with Crippen LogP contribution in [0.1, 0.15) is 46.0 Å². The Morgan fingerprint density at radius 1 is 1.00 bits per heavy atom. The number of hydrogen-bond acceptors (Lipinski definition) is 0. The molecule has 3 unspecified atom stereocenters. The molecule has 74 valence electrons. The van der Waals surface area contributed by atoms with E-state index in [-0.39, 0.29) is 5.41 Å². The van der Waals surface area contributed by atoms with E-state index >= 15 is 0 Å². The highest BCUT2D eigenvalue weighted by atomic mass is 19.1. The molecule has 4 saturated carbocycles. The van der Waals surface area contributed by atoms with E-state index in [1.165, 1.54) is 19.3 Å². The van der Waals surface area contributed by atoms with Gasteiger partial charge in [0.15, 0.2) is 0 Å². The molecule has 13 heavy (non-hydrogen) atoms. The van der Waals surface area contributed by atoms with Crippen molar-refractivity contribution >= 4 is 0 Å². The summed E-state index contributed by atoms with van der Waals surface area (Å²) in [4.78, 5) is 0. The lowest BCUT2D eigenvalue weighted by atomic mass is 9.45. The molecule has 4 aliphatic rings. The minimum absolute atomic E-state index is 0.0295. The molecule has 0 heterocycles. The van der Waals surface area contributed by atoms with Crippen LogP contribution >= 0.6 is 0 Å². The maximum absolute atomic E-state index is 14.6. The first-order valence-corrected chi connectivity index (χ1v) is 5.70. The van der Waals surface area contributed by atoms with Crippen LogP contribution in [0.25, 0.3) is 0 Å². The lowest BCUT2D eigenvalue weighted by molar-refractivity contribution is -0.170. The molecule has 0 nitrogen and oxygen atoms in total. The Kier molecular flexibility index (Phi) is 1.35. The third-order valence-electron chi connectivity index (χ3n) is 5.33. The summed E-state index contributed by atoms with van der Waals surface area (Å²) in [6.45, 7) is 4.06. The largest absolute Gasteiger partial charge is 0.243 e. The van der Waals surface area contributed by atoms with E-state index in [4.69, 9.17) is 0 Å². The van der Waals surface area contributed by atoms with Crippen molar-refractivity contribution in [3.63, 3.8) is 0 Å². The molecule has 0 saturated heterocycles. The third-order valence-corrected chi connectivity index (χ3v) is 5.33. The zero-order valence-corrected chi connectivity index (χ0v) is 8.65. The normalized spacial score (nSPS) is 64.4. The predicted molar refractivity (Wildman–Crippen MR) is 51.2 cm³/mol. The van der Waals surface area contributed by atoms with Crippen LogP contribution in [0.15, 0.2) is 0 Å². The van der Waals surface area contributed by atoms with Crippen LogP contribution in [0, 0.1) is 23.2 Å². The summed E-state index contributed by atoms with van der Waals surface area (Å²) >= 11 is 0. The van der Waals surface area contributed by atoms with Gasteiger partial charge in [0.05, 0.1) is 0 Å². The Balaban J connectivity index is 2.03. The second kappa shape index (κ2) is 2.12. The fraction of sp³-hybridized carbons (Fsp3) is 1.00. The molecule has 0 aromatic heterocycles. The Morgan fingerprint density at radius 3 is 2.00 bits per heavy atom. The van der Waals surface area contributed by atoms with Crippen LogP contribution < -0.4 is 0 Å². The van der Waals surface area contributed by atoms with E-state index < -0.39 is 5.67 Å². The zero-order valence-electron chi connectivity index (χ0n) is 8.65. The second-order valence-electron chi connectivity index (χ2n) is 6.18. The standard InChI is InChI=1S/C12H19F/c1-11-6-8-3-9(7-11)5-10(4-8)12(11,2)13/h8-10H,3-7H2,1-2H3. The molecule has 4 bridgehead atoms. The fourth-order valence-corrected chi connectivity index (χ4v) is 4.59. The average molecular weight is 182 g/mol. The van der Waals surface area contributed by atoms with E-state index in [2.05, 4.69) is 6.92 Å². The van der Waals surface area contributed by atoms with E-state index in [0.29, 0.717) is 5.92 Å². The van der Waals surface area contributed by atoms with E-state index in [1.54, 1.807) is 0 Å². The van der Waals surface area contributed by atoms with Crippen LogP contribution in [-0.4, -0.2) is 5.67 Å². The summed E-state index contributed by atoms with van der Waals surface area (Å²) in [5, 5.41) is 0. The first kappa shape index (κ1) is 8.26. The first-order chi connectivity index (χ1) is 6.01. The van der Waals surface area contributed by atoms with Crippen molar-refractivity contribution < 1.29 is 4.39 Å². The lowest BCUT2D eigenvalue weighted by Crippen LogP contribution is -2.59. The molecule has 0 aromatic rings. The molecule has 1 heteroatoms. The maximum atomic E-state index is 14.6. The van der Waals surface area contributed by atoms with Gasteiger partial charge in [-0.2, -0.15) is 0 Å². The molecule has 0 radical (unpaired) electrons. The average Bonchev–Trinajstić information content (AvgIpc) is 1.99. The van der Waals surface area contributed by atoms with Crippen molar-refractivity contribution in [2.24, 2.45) is 23.2 Å². The molecule has 0 N–H and O–H groups in total. The molecule has 4 rings (SSSR count). The Bertz CT molecular complexity index is 230. The maximum Gasteiger partial charge on any atom is 0.116 e. The highest BCUT2D eigenvalue weighted by Gasteiger charge is 2.61. The van der Waals surface area contributed by atoms with Gasteiger partial charge in [-0.25, -0.2) is 4.39 Å². The number of alkyl halides is 1. The Morgan fingerprint density at radius 2 is 1.54 bits per heavy atom. The summed E-state index contributed by atoms with van der Waals surface area (Å²) in [5.74, 6) is 2.13. The highest BCUT2D eigenvalue weighted by molar-refractivity contribution is 5.11. The zero-order chi connectivity index (χ0) is 9.27. The summed E-state index contributed by atoms with van der Waals surface area (Å²) in [6.07, 6.45) is 6.08. The monoisotopic (exact) mass is 182 g/mol. The van der Waals surface area contributed by atoms with Gasteiger partial charge in [0.1, 0.15) is 5.67 Å². The molecule has 4 aliphatic carbocycles. The summed E-state index contributed by atoms with van der Waals surface area (Å²) in [6, 6.07) is 0. The molecule has 0 amide bonds. The number of hydrogen-bond donors (Lipinski definition) is 0. The minimum atomic E-state index is -0.861. The van der Waals surface area contributed by atoms with Crippen LogP contribution in [0.2, 0.25) is 0 Å². The summed E-state index contributed by atoms with van der Waals surface area (Å²) in [5.41, 5.74) is -0.831. The second-order valence-corrected chi connectivity index (χ2v) is 6.18. The summed E-state index contributed by atoms with van der Waals surface area (Å²) < 4.78 is 14.6. The SMILES string of the molecule is CC12CC3CC(CC(C3)C1(C)F)C2. The third kappa shape index (κ3) is 0.863. The van der Waals surface area contributed by atoms with Crippen molar-refractivity contribution in [3.05, 3.63) is 0 Å². The van der Waals surface area contributed by atoms with Crippen LogP contribution in [0.3, 0.4) is 0 Å². The Hall–Kier alpha value is -0.0700. The molecular formula is C12H19F. The molecule has 0 spiro atoms. The highest BCUT2D eigenvalue weighted by Crippen LogP contribution is 2.65. The molecule has 0 aliphatic heterocycles. The van der Waals surface area contributed by atoms with Gasteiger partial charge in [0, 0.05) is 5.41 Å². The number of rotatable bonds is 0.